The third kappa shape index (κ3) is 3.74. The number of carbonyl (C=O) groups excluding carboxylic acids is 1. The molecule has 120 valence electrons. The molecule has 2 fully saturated rings. The number of hydrogen-bond acceptors (Lipinski definition) is 4. The molecule has 7 nitrogen and oxygen atoms in total. The van der Waals surface area contributed by atoms with Crippen LogP contribution >= 0.6 is 0 Å². The van der Waals surface area contributed by atoms with Gasteiger partial charge in [-0.2, -0.15) is 0 Å². The number of aliphatic carboxylic acids is 1. The van der Waals surface area contributed by atoms with Crippen molar-refractivity contribution in [3.05, 3.63) is 0 Å². The summed E-state index contributed by atoms with van der Waals surface area (Å²) >= 11 is 0. The van der Waals surface area contributed by atoms with E-state index in [0.29, 0.717) is 45.3 Å². The first kappa shape index (κ1) is 16.2. The van der Waals surface area contributed by atoms with Crippen LogP contribution in [0.1, 0.15) is 25.7 Å². The van der Waals surface area contributed by atoms with Gasteiger partial charge in [0.15, 0.2) is 0 Å². The lowest BCUT2D eigenvalue weighted by molar-refractivity contribution is -0.141. The van der Waals surface area contributed by atoms with Gasteiger partial charge in [0.25, 0.3) is 0 Å². The highest BCUT2D eigenvalue weighted by molar-refractivity contribution is 7.89. The maximum absolute atomic E-state index is 12.2. The standard InChI is InChI=1S/C13H22N2O5S/c1-14(6-7-15-5-2-8-21(15,19)20)12(16)10-3-4-11(9-10)13(17)18/h10-11H,2-9H2,1H3,(H,17,18)/t10-,11+/m1/s1. The molecule has 2 aliphatic rings. The average Bonchev–Trinajstić information content (AvgIpc) is 3.01. The largest absolute Gasteiger partial charge is 0.481 e. The van der Waals surface area contributed by atoms with Crippen molar-refractivity contribution in [2.24, 2.45) is 11.8 Å². The lowest BCUT2D eigenvalue weighted by Gasteiger charge is -2.23. The second kappa shape index (κ2) is 6.31. The van der Waals surface area contributed by atoms with Crippen molar-refractivity contribution < 1.29 is 23.1 Å². The molecule has 0 spiro atoms. The van der Waals surface area contributed by atoms with Crippen molar-refractivity contribution >= 4 is 21.9 Å². The third-order valence-corrected chi connectivity index (χ3v) is 6.35. The minimum Gasteiger partial charge on any atom is -0.481 e. The number of likely N-dealkylation sites (N-methyl/N-ethyl adjacent to an activating group) is 1. The zero-order valence-corrected chi connectivity index (χ0v) is 13.0. The van der Waals surface area contributed by atoms with Gasteiger partial charge in [0, 0.05) is 32.6 Å². The van der Waals surface area contributed by atoms with Gasteiger partial charge in [-0.3, -0.25) is 9.59 Å². The maximum atomic E-state index is 12.2. The molecule has 1 aliphatic heterocycles. The van der Waals surface area contributed by atoms with Crippen LogP contribution in [-0.4, -0.2) is 67.0 Å². The van der Waals surface area contributed by atoms with Gasteiger partial charge in [0.2, 0.25) is 15.9 Å². The second-order valence-electron chi connectivity index (χ2n) is 5.87. The molecule has 1 saturated carbocycles. The minimum absolute atomic E-state index is 0.0738. The van der Waals surface area contributed by atoms with E-state index in [9.17, 15) is 18.0 Å². The number of carboxylic acids is 1. The molecule has 0 aromatic rings. The molecule has 1 N–H and O–H groups in total. The number of carbonyl (C=O) groups is 2. The van der Waals surface area contributed by atoms with Crippen molar-refractivity contribution in [1.29, 1.82) is 0 Å². The fourth-order valence-electron chi connectivity index (χ4n) is 3.06. The van der Waals surface area contributed by atoms with Gasteiger partial charge in [-0.15, -0.1) is 0 Å². The molecule has 1 amide bonds. The summed E-state index contributed by atoms with van der Waals surface area (Å²) in [6.45, 7) is 1.20. The van der Waals surface area contributed by atoms with E-state index in [4.69, 9.17) is 5.11 Å². The third-order valence-electron chi connectivity index (χ3n) is 4.40. The molecule has 8 heteroatoms. The van der Waals surface area contributed by atoms with E-state index in [0.717, 1.165) is 0 Å². The van der Waals surface area contributed by atoms with Crippen molar-refractivity contribution in [3.63, 3.8) is 0 Å². The van der Waals surface area contributed by atoms with Crippen LogP contribution in [0.3, 0.4) is 0 Å². The lowest BCUT2D eigenvalue weighted by Crippen LogP contribution is -2.39. The molecule has 0 unspecified atom stereocenters. The first-order valence-electron chi connectivity index (χ1n) is 7.27. The summed E-state index contributed by atoms with van der Waals surface area (Å²) in [6.07, 6.45) is 2.17. The van der Waals surface area contributed by atoms with Crippen LogP contribution in [0.2, 0.25) is 0 Å². The maximum Gasteiger partial charge on any atom is 0.306 e. The van der Waals surface area contributed by atoms with Crippen LogP contribution < -0.4 is 0 Å². The van der Waals surface area contributed by atoms with E-state index in [2.05, 4.69) is 0 Å². The molecular formula is C13H22N2O5S. The molecule has 1 saturated heterocycles. The Bertz CT molecular complexity index is 519. The topological polar surface area (TPSA) is 95.0 Å². The number of hydrogen-bond donors (Lipinski definition) is 1. The first-order valence-corrected chi connectivity index (χ1v) is 8.88. The summed E-state index contributed by atoms with van der Waals surface area (Å²) in [4.78, 5) is 24.7. The van der Waals surface area contributed by atoms with Gasteiger partial charge in [-0.25, -0.2) is 12.7 Å². The zero-order chi connectivity index (χ0) is 15.6. The van der Waals surface area contributed by atoms with Crippen LogP contribution in [-0.2, 0) is 19.6 Å². The predicted octanol–water partition coefficient (Wildman–Crippen LogP) is -0.0188. The smallest absolute Gasteiger partial charge is 0.306 e. The Morgan fingerprint density at radius 3 is 2.48 bits per heavy atom. The summed E-state index contributed by atoms with van der Waals surface area (Å²) in [6, 6.07) is 0. The van der Waals surface area contributed by atoms with E-state index in [1.54, 1.807) is 7.05 Å². The van der Waals surface area contributed by atoms with E-state index < -0.39 is 21.9 Å². The fraction of sp³-hybridized carbons (Fsp3) is 0.846. The highest BCUT2D eigenvalue weighted by Gasteiger charge is 2.35. The Morgan fingerprint density at radius 1 is 1.29 bits per heavy atom. The summed E-state index contributed by atoms with van der Waals surface area (Å²) in [7, 11) is -1.48. The first-order chi connectivity index (χ1) is 9.81. The van der Waals surface area contributed by atoms with Crippen LogP contribution in [0, 0.1) is 11.8 Å². The predicted molar refractivity (Wildman–Crippen MR) is 76.1 cm³/mol. The Labute approximate surface area is 125 Å². The normalized spacial score (nSPS) is 28.6. The van der Waals surface area contributed by atoms with Crippen molar-refractivity contribution in [1.82, 2.24) is 9.21 Å². The number of nitrogens with zero attached hydrogens (tertiary/aromatic N) is 2. The van der Waals surface area contributed by atoms with Crippen molar-refractivity contribution in [2.45, 2.75) is 25.7 Å². The number of amides is 1. The average molecular weight is 318 g/mol. The molecule has 0 radical (unpaired) electrons. The number of sulfonamides is 1. The summed E-state index contributed by atoms with van der Waals surface area (Å²) in [5, 5.41) is 8.96. The number of rotatable bonds is 5. The van der Waals surface area contributed by atoms with Crippen molar-refractivity contribution in [2.75, 3.05) is 32.4 Å². The molecule has 2 rings (SSSR count). The summed E-state index contributed by atoms with van der Waals surface area (Å²) in [5.74, 6) is -1.39. The Kier molecular flexibility index (Phi) is 4.88. The molecule has 2 atom stereocenters. The van der Waals surface area contributed by atoms with E-state index in [1.165, 1.54) is 9.21 Å². The SMILES string of the molecule is CN(CCN1CCCS1(=O)=O)C(=O)[C@@H]1CC[C@H](C(=O)O)C1. The second-order valence-corrected chi connectivity index (χ2v) is 7.96. The monoisotopic (exact) mass is 318 g/mol. The summed E-state index contributed by atoms with van der Waals surface area (Å²) in [5.41, 5.74) is 0. The summed E-state index contributed by atoms with van der Waals surface area (Å²) < 4.78 is 24.8. The quantitative estimate of drug-likeness (QED) is 0.769. The molecule has 0 aromatic heterocycles. The van der Waals surface area contributed by atoms with Crippen LogP contribution in [0.15, 0.2) is 0 Å². The van der Waals surface area contributed by atoms with Gasteiger partial charge >= 0.3 is 5.97 Å². The van der Waals surface area contributed by atoms with Gasteiger partial charge in [0.05, 0.1) is 11.7 Å². The van der Waals surface area contributed by atoms with Crippen LogP contribution in [0.5, 0.6) is 0 Å². The molecule has 21 heavy (non-hydrogen) atoms. The zero-order valence-electron chi connectivity index (χ0n) is 12.2. The van der Waals surface area contributed by atoms with Crippen LogP contribution in [0.25, 0.3) is 0 Å². The van der Waals surface area contributed by atoms with E-state index >= 15 is 0 Å². The van der Waals surface area contributed by atoms with Gasteiger partial charge < -0.3 is 10.0 Å². The van der Waals surface area contributed by atoms with Crippen LogP contribution in [0.4, 0.5) is 0 Å². The molecule has 1 aliphatic carbocycles. The fourth-order valence-corrected chi connectivity index (χ4v) is 4.58. The molecule has 0 aromatic carbocycles. The lowest BCUT2D eigenvalue weighted by atomic mass is 10.0. The van der Waals surface area contributed by atoms with E-state index in [1.807, 2.05) is 0 Å². The van der Waals surface area contributed by atoms with Gasteiger partial charge in [-0.05, 0) is 25.7 Å². The van der Waals surface area contributed by atoms with Crippen molar-refractivity contribution in [3.8, 4) is 0 Å². The Morgan fingerprint density at radius 2 is 1.95 bits per heavy atom. The highest BCUT2D eigenvalue weighted by Crippen LogP contribution is 2.32. The van der Waals surface area contributed by atoms with Gasteiger partial charge in [-0.1, -0.05) is 0 Å². The Balaban J connectivity index is 1.82. The van der Waals surface area contributed by atoms with E-state index in [-0.39, 0.29) is 17.6 Å². The van der Waals surface area contributed by atoms with Gasteiger partial charge in [0.1, 0.15) is 0 Å². The highest BCUT2D eigenvalue weighted by atomic mass is 32.2. The minimum atomic E-state index is -3.13. The Hall–Kier alpha value is -1.15. The molecule has 1 heterocycles. The molecule has 0 bridgehead atoms. The molecular weight excluding hydrogens is 296 g/mol. The number of carboxylic acid groups (broad SMARTS) is 1.